The predicted octanol–water partition coefficient (Wildman–Crippen LogP) is 7.55. The Labute approximate surface area is 172 Å². The number of nitrogens with zero attached hydrogens (tertiary/aromatic N) is 1. The molecule has 150 valence electrons. The summed E-state index contributed by atoms with van der Waals surface area (Å²) in [6.07, 6.45) is 18.8. The summed E-state index contributed by atoms with van der Waals surface area (Å²) in [7, 11) is 2.24. The SMILES string of the molecule is CN(c1ccc2c(c1)CCCCCCC2)c1ccc2c(c1)CCCCCCC2. The Morgan fingerprint density at radius 1 is 0.464 bits per heavy atom. The zero-order valence-electron chi connectivity index (χ0n) is 17.8. The maximum atomic E-state index is 2.47. The molecule has 0 radical (unpaired) electrons. The van der Waals surface area contributed by atoms with E-state index < -0.39 is 0 Å². The van der Waals surface area contributed by atoms with Crippen molar-refractivity contribution >= 4 is 11.4 Å². The summed E-state index contributed by atoms with van der Waals surface area (Å²) in [5.74, 6) is 0. The Bertz CT molecular complexity index is 710. The van der Waals surface area contributed by atoms with Gasteiger partial charge in [-0.25, -0.2) is 0 Å². The number of rotatable bonds is 2. The van der Waals surface area contributed by atoms with E-state index in [9.17, 15) is 0 Å². The van der Waals surface area contributed by atoms with Crippen molar-refractivity contribution in [2.75, 3.05) is 11.9 Å². The first-order valence-electron chi connectivity index (χ1n) is 11.8. The molecule has 0 saturated heterocycles. The fourth-order valence-electron chi connectivity index (χ4n) is 5.07. The van der Waals surface area contributed by atoms with Crippen LogP contribution in [-0.2, 0) is 25.7 Å². The van der Waals surface area contributed by atoms with Gasteiger partial charge < -0.3 is 4.90 Å². The van der Waals surface area contributed by atoms with Gasteiger partial charge in [0, 0.05) is 18.4 Å². The van der Waals surface area contributed by atoms with Crippen molar-refractivity contribution in [2.45, 2.75) is 89.9 Å². The zero-order valence-corrected chi connectivity index (χ0v) is 17.8. The van der Waals surface area contributed by atoms with Crippen LogP contribution < -0.4 is 4.90 Å². The maximum Gasteiger partial charge on any atom is 0.0411 e. The highest BCUT2D eigenvalue weighted by atomic mass is 15.1. The molecule has 0 amide bonds. The summed E-state index contributed by atoms with van der Waals surface area (Å²) in [5.41, 5.74) is 9.06. The van der Waals surface area contributed by atoms with E-state index in [1.807, 2.05) is 0 Å². The van der Waals surface area contributed by atoms with Gasteiger partial charge in [0.05, 0.1) is 0 Å². The molecule has 0 bridgehead atoms. The van der Waals surface area contributed by atoms with Crippen LogP contribution >= 0.6 is 0 Å². The fraction of sp³-hybridized carbons (Fsp3) is 0.556. The molecule has 0 N–H and O–H groups in total. The third kappa shape index (κ3) is 4.80. The van der Waals surface area contributed by atoms with Gasteiger partial charge >= 0.3 is 0 Å². The quantitative estimate of drug-likeness (QED) is 0.523. The Morgan fingerprint density at radius 2 is 0.821 bits per heavy atom. The molecule has 0 aromatic heterocycles. The molecule has 0 saturated carbocycles. The second-order valence-corrected chi connectivity index (χ2v) is 9.00. The lowest BCUT2D eigenvalue weighted by Gasteiger charge is -2.23. The van der Waals surface area contributed by atoms with Gasteiger partial charge in [-0.3, -0.25) is 0 Å². The molecule has 28 heavy (non-hydrogen) atoms. The van der Waals surface area contributed by atoms with Crippen LogP contribution in [0.25, 0.3) is 0 Å². The van der Waals surface area contributed by atoms with Crippen molar-refractivity contribution in [1.29, 1.82) is 0 Å². The van der Waals surface area contributed by atoms with E-state index in [1.165, 1.54) is 101 Å². The summed E-state index contributed by atoms with van der Waals surface area (Å²) >= 11 is 0. The predicted molar refractivity (Wildman–Crippen MR) is 122 cm³/mol. The normalized spacial score (nSPS) is 18.3. The highest BCUT2D eigenvalue weighted by Gasteiger charge is 2.13. The number of anilines is 2. The molecule has 0 unspecified atom stereocenters. The van der Waals surface area contributed by atoms with Crippen molar-refractivity contribution in [1.82, 2.24) is 0 Å². The molecular formula is C27H37N. The van der Waals surface area contributed by atoms with Gasteiger partial charge in [-0.15, -0.1) is 0 Å². The van der Waals surface area contributed by atoms with Gasteiger partial charge in [-0.1, -0.05) is 50.7 Å². The molecule has 0 heterocycles. The van der Waals surface area contributed by atoms with Gasteiger partial charge in [0.2, 0.25) is 0 Å². The highest BCUT2D eigenvalue weighted by Crippen LogP contribution is 2.31. The molecule has 1 heteroatoms. The van der Waals surface area contributed by atoms with Crippen molar-refractivity contribution in [2.24, 2.45) is 0 Å². The number of aryl methyl sites for hydroxylation is 4. The van der Waals surface area contributed by atoms with Crippen LogP contribution in [0.1, 0.15) is 86.5 Å². The van der Waals surface area contributed by atoms with Crippen LogP contribution in [-0.4, -0.2) is 7.05 Å². The maximum absolute atomic E-state index is 2.47. The fourth-order valence-corrected chi connectivity index (χ4v) is 5.07. The first kappa shape index (κ1) is 19.6. The van der Waals surface area contributed by atoms with E-state index in [2.05, 4.69) is 48.3 Å². The zero-order chi connectivity index (χ0) is 19.2. The van der Waals surface area contributed by atoms with Crippen molar-refractivity contribution < 1.29 is 0 Å². The number of fused-ring (bicyclic) bond motifs is 2. The van der Waals surface area contributed by atoms with Crippen molar-refractivity contribution in [3.63, 3.8) is 0 Å². The minimum atomic E-state index is 1.25. The highest BCUT2D eigenvalue weighted by molar-refractivity contribution is 5.65. The van der Waals surface area contributed by atoms with E-state index in [-0.39, 0.29) is 0 Å². The average Bonchev–Trinajstić information content (AvgIpc) is 2.92. The van der Waals surface area contributed by atoms with Crippen LogP contribution in [0.3, 0.4) is 0 Å². The van der Waals surface area contributed by atoms with Gasteiger partial charge in [0.1, 0.15) is 0 Å². The summed E-state index contributed by atoms with van der Waals surface area (Å²) in [5, 5.41) is 0. The lowest BCUT2D eigenvalue weighted by molar-refractivity contribution is 0.629. The molecule has 4 rings (SSSR count). The molecule has 1 nitrogen and oxygen atoms in total. The lowest BCUT2D eigenvalue weighted by Crippen LogP contribution is -2.11. The number of hydrogen-bond donors (Lipinski definition) is 0. The van der Waals surface area contributed by atoms with Crippen LogP contribution in [0.2, 0.25) is 0 Å². The monoisotopic (exact) mass is 375 g/mol. The third-order valence-corrected chi connectivity index (χ3v) is 6.94. The minimum absolute atomic E-state index is 1.25. The minimum Gasteiger partial charge on any atom is -0.345 e. The Morgan fingerprint density at radius 3 is 1.25 bits per heavy atom. The molecule has 0 fully saturated rings. The molecule has 2 aromatic carbocycles. The first-order chi connectivity index (χ1) is 13.8. The molecule has 2 aromatic rings. The smallest absolute Gasteiger partial charge is 0.0411 e. The van der Waals surface area contributed by atoms with Crippen molar-refractivity contribution in [3.8, 4) is 0 Å². The number of hydrogen-bond acceptors (Lipinski definition) is 1. The summed E-state index contributed by atoms with van der Waals surface area (Å²) < 4.78 is 0. The molecule has 2 aliphatic carbocycles. The topological polar surface area (TPSA) is 3.24 Å². The standard InChI is InChI=1S/C27H37N/c1-28(26-18-16-22-12-8-4-2-6-10-14-24(22)20-26)27-19-17-23-13-9-5-3-7-11-15-25(23)21-27/h16-21H,2-15H2,1H3. The van der Waals surface area contributed by atoms with Gasteiger partial charge in [-0.2, -0.15) is 0 Å². The summed E-state index contributed by atoms with van der Waals surface area (Å²) in [6.45, 7) is 0. The Kier molecular flexibility index (Phi) is 6.73. The largest absolute Gasteiger partial charge is 0.345 e. The van der Waals surface area contributed by atoms with E-state index in [0.29, 0.717) is 0 Å². The first-order valence-corrected chi connectivity index (χ1v) is 11.8. The Balaban J connectivity index is 1.57. The Hall–Kier alpha value is -1.76. The van der Waals surface area contributed by atoms with Gasteiger partial charge in [-0.05, 0) is 97.9 Å². The van der Waals surface area contributed by atoms with Crippen molar-refractivity contribution in [3.05, 3.63) is 58.7 Å². The number of benzene rings is 2. The summed E-state index contributed by atoms with van der Waals surface area (Å²) in [4.78, 5) is 2.40. The molecule has 0 aliphatic heterocycles. The average molecular weight is 376 g/mol. The third-order valence-electron chi connectivity index (χ3n) is 6.94. The van der Waals surface area contributed by atoms with E-state index in [1.54, 1.807) is 22.3 Å². The van der Waals surface area contributed by atoms with Crippen LogP contribution in [0, 0.1) is 0 Å². The van der Waals surface area contributed by atoms with E-state index >= 15 is 0 Å². The van der Waals surface area contributed by atoms with Crippen LogP contribution in [0.15, 0.2) is 36.4 Å². The van der Waals surface area contributed by atoms with Gasteiger partial charge in [0.25, 0.3) is 0 Å². The molecule has 2 aliphatic rings. The second kappa shape index (κ2) is 9.63. The van der Waals surface area contributed by atoms with Crippen LogP contribution in [0.5, 0.6) is 0 Å². The van der Waals surface area contributed by atoms with E-state index in [0.717, 1.165) is 0 Å². The molecule has 0 spiro atoms. The molecule has 0 atom stereocenters. The molecular weight excluding hydrogens is 338 g/mol. The van der Waals surface area contributed by atoms with Gasteiger partial charge in [0.15, 0.2) is 0 Å². The second-order valence-electron chi connectivity index (χ2n) is 9.00. The lowest BCUT2D eigenvalue weighted by atomic mass is 9.97. The van der Waals surface area contributed by atoms with E-state index in [4.69, 9.17) is 0 Å². The summed E-state index contributed by atoms with van der Waals surface area (Å²) in [6, 6.07) is 14.5. The van der Waals surface area contributed by atoms with Crippen LogP contribution in [0.4, 0.5) is 11.4 Å².